The van der Waals surface area contributed by atoms with Crippen molar-refractivity contribution in [2.75, 3.05) is 0 Å². The maximum absolute atomic E-state index is 11.9. The molecule has 2 N–H and O–H groups in total. The molecule has 0 fully saturated rings. The first-order valence-corrected chi connectivity index (χ1v) is 6.99. The molecule has 0 radical (unpaired) electrons. The summed E-state index contributed by atoms with van der Waals surface area (Å²) in [7, 11) is 0. The number of hydrogen-bond acceptors (Lipinski definition) is 2. The normalized spacial score (nSPS) is 16.1. The highest BCUT2D eigenvalue weighted by atomic mass is 16.2. The Morgan fingerprint density at radius 1 is 0.952 bits per heavy atom. The number of urea groups is 1. The minimum absolute atomic E-state index is 0.0234. The van der Waals surface area contributed by atoms with Crippen molar-refractivity contribution in [1.29, 1.82) is 0 Å². The molecule has 0 spiro atoms. The maximum atomic E-state index is 11.9. The second-order valence-corrected chi connectivity index (χ2v) is 5.08. The van der Waals surface area contributed by atoms with E-state index in [1.165, 1.54) is 5.56 Å². The Balaban J connectivity index is 1.62. The molecule has 1 aliphatic rings. The Bertz CT molecular complexity index is 668. The first-order valence-electron chi connectivity index (χ1n) is 6.99. The quantitative estimate of drug-likeness (QED) is 0.888. The van der Waals surface area contributed by atoms with Crippen molar-refractivity contribution < 1.29 is 9.59 Å². The van der Waals surface area contributed by atoms with E-state index in [4.69, 9.17) is 0 Å². The molecule has 3 amide bonds. The van der Waals surface area contributed by atoms with Crippen molar-refractivity contribution in [3.8, 4) is 0 Å². The van der Waals surface area contributed by atoms with Gasteiger partial charge in [0.2, 0.25) is 0 Å². The Morgan fingerprint density at radius 2 is 1.67 bits per heavy atom. The Labute approximate surface area is 123 Å². The predicted octanol–water partition coefficient (Wildman–Crippen LogP) is 2.81. The van der Waals surface area contributed by atoms with Crippen LogP contribution in [0, 0.1) is 0 Å². The molecule has 0 heterocycles. The van der Waals surface area contributed by atoms with Crippen LogP contribution >= 0.6 is 0 Å². The lowest BCUT2D eigenvalue weighted by Crippen LogP contribution is -2.40. The summed E-state index contributed by atoms with van der Waals surface area (Å²) >= 11 is 0. The van der Waals surface area contributed by atoms with Gasteiger partial charge in [0, 0.05) is 5.56 Å². The number of benzene rings is 2. The van der Waals surface area contributed by atoms with E-state index in [9.17, 15) is 9.59 Å². The van der Waals surface area contributed by atoms with Gasteiger partial charge >= 0.3 is 6.03 Å². The average Bonchev–Trinajstić information content (AvgIpc) is 2.91. The second-order valence-electron chi connectivity index (χ2n) is 5.08. The second kappa shape index (κ2) is 5.79. The van der Waals surface area contributed by atoms with Crippen molar-refractivity contribution in [1.82, 2.24) is 10.6 Å². The summed E-state index contributed by atoms with van der Waals surface area (Å²) in [5.41, 5.74) is 2.87. The van der Waals surface area contributed by atoms with Crippen LogP contribution in [0.5, 0.6) is 0 Å². The standard InChI is InChI=1S/C17H16N2O2/c20-16(13-7-2-1-3-8-13)19-17(21)18-15-11-10-12-6-4-5-9-14(12)15/h1-9,15H,10-11H2,(H2,18,19,20,21). The molecule has 0 saturated carbocycles. The molecular formula is C17H16N2O2. The summed E-state index contributed by atoms with van der Waals surface area (Å²) in [6, 6.07) is 16.3. The minimum Gasteiger partial charge on any atom is -0.331 e. The van der Waals surface area contributed by atoms with Gasteiger partial charge in [-0.2, -0.15) is 0 Å². The molecule has 21 heavy (non-hydrogen) atoms. The summed E-state index contributed by atoms with van der Waals surface area (Å²) < 4.78 is 0. The van der Waals surface area contributed by atoms with Gasteiger partial charge in [-0.1, -0.05) is 42.5 Å². The third-order valence-corrected chi connectivity index (χ3v) is 3.70. The van der Waals surface area contributed by atoms with Crippen molar-refractivity contribution in [3.05, 3.63) is 71.3 Å². The molecule has 0 saturated heterocycles. The third kappa shape index (κ3) is 2.94. The van der Waals surface area contributed by atoms with Crippen LogP contribution in [0.2, 0.25) is 0 Å². The minimum atomic E-state index is -0.453. The Kier molecular flexibility index (Phi) is 3.69. The number of carbonyl (C=O) groups is 2. The summed E-state index contributed by atoms with van der Waals surface area (Å²) in [4.78, 5) is 23.9. The van der Waals surface area contributed by atoms with Gasteiger partial charge in [0.15, 0.2) is 0 Å². The third-order valence-electron chi connectivity index (χ3n) is 3.70. The molecule has 4 nitrogen and oxygen atoms in total. The van der Waals surface area contributed by atoms with E-state index in [0.29, 0.717) is 5.56 Å². The highest BCUT2D eigenvalue weighted by molar-refractivity contribution is 6.04. The van der Waals surface area contributed by atoms with Gasteiger partial charge in [-0.25, -0.2) is 4.79 Å². The van der Waals surface area contributed by atoms with Crippen LogP contribution in [-0.2, 0) is 6.42 Å². The van der Waals surface area contributed by atoms with Crippen LogP contribution < -0.4 is 10.6 Å². The highest BCUT2D eigenvalue weighted by Crippen LogP contribution is 2.30. The molecule has 106 valence electrons. The molecule has 2 aromatic rings. The average molecular weight is 280 g/mol. The van der Waals surface area contributed by atoms with Gasteiger partial charge in [0.1, 0.15) is 0 Å². The number of aryl methyl sites for hydroxylation is 1. The van der Waals surface area contributed by atoms with E-state index < -0.39 is 6.03 Å². The molecule has 3 rings (SSSR count). The molecule has 0 bridgehead atoms. The maximum Gasteiger partial charge on any atom is 0.322 e. The number of carbonyl (C=O) groups excluding carboxylic acids is 2. The van der Waals surface area contributed by atoms with Crippen LogP contribution in [0.1, 0.15) is 33.9 Å². The first-order chi connectivity index (χ1) is 10.2. The van der Waals surface area contributed by atoms with Crippen molar-refractivity contribution >= 4 is 11.9 Å². The van der Waals surface area contributed by atoms with E-state index in [1.807, 2.05) is 24.3 Å². The zero-order valence-corrected chi connectivity index (χ0v) is 11.5. The number of nitrogens with one attached hydrogen (secondary N) is 2. The fraction of sp³-hybridized carbons (Fsp3) is 0.176. The van der Waals surface area contributed by atoms with Crippen LogP contribution in [0.4, 0.5) is 4.79 Å². The van der Waals surface area contributed by atoms with Crippen molar-refractivity contribution in [2.45, 2.75) is 18.9 Å². The number of amides is 3. The number of rotatable bonds is 2. The van der Waals surface area contributed by atoms with E-state index >= 15 is 0 Å². The summed E-state index contributed by atoms with van der Waals surface area (Å²) in [6.07, 6.45) is 1.82. The molecule has 1 atom stereocenters. The van der Waals surface area contributed by atoms with Gasteiger partial charge < -0.3 is 5.32 Å². The zero-order valence-electron chi connectivity index (χ0n) is 11.5. The number of hydrogen-bond donors (Lipinski definition) is 2. The molecular weight excluding hydrogens is 264 g/mol. The summed E-state index contributed by atoms with van der Waals surface area (Å²) in [5, 5.41) is 5.23. The van der Waals surface area contributed by atoms with Crippen molar-refractivity contribution in [2.24, 2.45) is 0 Å². The van der Waals surface area contributed by atoms with E-state index in [0.717, 1.165) is 18.4 Å². The zero-order chi connectivity index (χ0) is 14.7. The molecule has 4 heteroatoms. The SMILES string of the molecule is O=C(NC(=O)c1ccccc1)NC1CCc2ccccc21. The molecule has 1 unspecified atom stereocenters. The summed E-state index contributed by atoms with van der Waals surface area (Å²) in [6.45, 7) is 0. The topological polar surface area (TPSA) is 58.2 Å². The lowest BCUT2D eigenvalue weighted by molar-refractivity contribution is 0.0963. The van der Waals surface area contributed by atoms with Crippen LogP contribution in [-0.4, -0.2) is 11.9 Å². The number of fused-ring (bicyclic) bond motifs is 1. The van der Waals surface area contributed by atoms with Crippen molar-refractivity contribution in [3.63, 3.8) is 0 Å². The van der Waals surface area contributed by atoms with E-state index in [1.54, 1.807) is 24.3 Å². The Hall–Kier alpha value is -2.62. The largest absolute Gasteiger partial charge is 0.331 e. The lowest BCUT2D eigenvalue weighted by Gasteiger charge is -2.14. The lowest BCUT2D eigenvalue weighted by atomic mass is 10.1. The fourth-order valence-electron chi connectivity index (χ4n) is 2.67. The molecule has 0 aromatic heterocycles. The van der Waals surface area contributed by atoms with Gasteiger partial charge in [-0.3, -0.25) is 10.1 Å². The fourth-order valence-corrected chi connectivity index (χ4v) is 2.67. The Morgan fingerprint density at radius 3 is 2.48 bits per heavy atom. The predicted molar refractivity (Wildman–Crippen MR) is 79.9 cm³/mol. The van der Waals surface area contributed by atoms with Gasteiger partial charge in [0.25, 0.3) is 5.91 Å². The van der Waals surface area contributed by atoms with Crippen LogP contribution in [0.25, 0.3) is 0 Å². The van der Waals surface area contributed by atoms with Gasteiger partial charge in [0.05, 0.1) is 6.04 Å². The van der Waals surface area contributed by atoms with Gasteiger partial charge in [-0.05, 0) is 36.1 Å². The molecule has 0 aliphatic heterocycles. The van der Waals surface area contributed by atoms with Crippen LogP contribution in [0.15, 0.2) is 54.6 Å². The molecule has 1 aliphatic carbocycles. The van der Waals surface area contributed by atoms with Crippen LogP contribution in [0.3, 0.4) is 0 Å². The van der Waals surface area contributed by atoms with Gasteiger partial charge in [-0.15, -0.1) is 0 Å². The smallest absolute Gasteiger partial charge is 0.322 e. The monoisotopic (exact) mass is 280 g/mol. The van der Waals surface area contributed by atoms with E-state index in [-0.39, 0.29) is 11.9 Å². The number of imide groups is 1. The summed E-state index contributed by atoms with van der Waals surface area (Å²) in [5.74, 6) is -0.389. The van der Waals surface area contributed by atoms with E-state index in [2.05, 4.69) is 16.7 Å². The first kappa shape index (κ1) is 13.4. The molecule has 2 aromatic carbocycles. The highest BCUT2D eigenvalue weighted by Gasteiger charge is 2.23.